The van der Waals surface area contributed by atoms with Gasteiger partial charge in [-0.25, -0.2) is 8.42 Å². The summed E-state index contributed by atoms with van der Waals surface area (Å²) < 4.78 is 25.0. The number of hydrogen-bond donors (Lipinski definition) is 2. The van der Waals surface area contributed by atoms with E-state index < -0.39 is 15.2 Å². The normalized spacial score (nSPS) is 21.9. The van der Waals surface area contributed by atoms with Crippen LogP contribution < -0.4 is 5.32 Å². The Kier molecular flexibility index (Phi) is 4.34. The van der Waals surface area contributed by atoms with E-state index in [0.717, 1.165) is 6.54 Å². The van der Waals surface area contributed by atoms with Gasteiger partial charge in [-0.1, -0.05) is 18.2 Å². The molecule has 1 heterocycles. The predicted molar refractivity (Wildman–Crippen MR) is 68.9 cm³/mol. The van der Waals surface area contributed by atoms with Crippen molar-refractivity contribution in [1.29, 1.82) is 0 Å². The molecule has 100 valence electrons. The summed E-state index contributed by atoms with van der Waals surface area (Å²) in [5.41, 5.74) is 0. The van der Waals surface area contributed by atoms with E-state index in [9.17, 15) is 8.42 Å². The van der Waals surface area contributed by atoms with Crippen LogP contribution in [0.3, 0.4) is 0 Å². The first-order valence-corrected chi connectivity index (χ1v) is 7.55. The summed E-state index contributed by atoms with van der Waals surface area (Å²) in [6.07, 6.45) is 0. The topological polar surface area (TPSA) is 69.6 Å². The van der Waals surface area contributed by atoms with Gasteiger partial charge in [0.1, 0.15) is 5.37 Å². The second-order valence-corrected chi connectivity index (χ2v) is 6.38. The average Bonchev–Trinajstić information content (AvgIpc) is 2.41. The number of nitrogens with zero attached hydrogens (tertiary/aromatic N) is 1. The van der Waals surface area contributed by atoms with Crippen LogP contribution in [0.5, 0.6) is 0 Å². The highest BCUT2D eigenvalue weighted by Gasteiger charge is 2.34. The molecule has 0 radical (unpaired) electrons. The maximum atomic E-state index is 12.5. The highest BCUT2D eigenvalue weighted by Crippen LogP contribution is 2.19. The fraction of sp³-hybridized carbons (Fsp3) is 0.500. The Morgan fingerprint density at radius 2 is 2.06 bits per heavy atom. The lowest BCUT2D eigenvalue weighted by atomic mass is 10.3. The molecule has 5 nitrogen and oxygen atoms in total. The van der Waals surface area contributed by atoms with E-state index >= 15 is 0 Å². The first-order chi connectivity index (χ1) is 8.66. The minimum atomic E-state index is -3.38. The number of benzene rings is 1. The van der Waals surface area contributed by atoms with Gasteiger partial charge in [0.15, 0.2) is 9.84 Å². The van der Waals surface area contributed by atoms with E-state index in [1.165, 1.54) is 0 Å². The number of rotatable bonds is 4. The van der Waals surface area contributed by atoms with Gasteiger partial charge in [0.05, 0.1) is 11.5 Å². The smallest absolute Gasteiger partial charge is 0.195 e. The number of sulfone groups is 1. The second-order valence-electron chi connectivity index (χ2n) is 4.28. The monoisotopic (exact) mass is 270 g/mol. The van der Waals surface area contributed by atoms with Crippen LogP contribution in [0.4, 0.5) is 0 Å². The molecule has 1 fully saturated rings. The van der Waals surface area contributed by atoms with Crippen LogP contribution in [0.25, 0.3) is 0 Å². The van der Waals surface area contributed by atoms with E-state index in [1.807, 2.05) is 4.90 Å². The Hall–Kier alpha value is -0.950. The Balaban J connectivity index is 2.27. The van der Waals surface area contributed by atoms with E-state index in [-0.39, 0.29) is 6.61 Å². The number of hydrogen-bond acceptors (Lipinski definition) is 5. The highest BCUT2D eigenvalue weighted by atomic mass is 32.2. The zero-order valence-corrected chi connectivity index (χ0v) is 10.9. The van der Waals surface area contributed by atoms with Crippen molar-refractivity contribution < 1.29 is 13.5 Å². The molecule has 0 spiro atoms. The molecule has 0 saturated carbocycles. The Labute approximate surface area is 107 Å². The summed E-state index contributed by atoms with van der Waals surface area (Å²) in [4.78, 5) is 2.15. The van der Waals surface area contributed by atoms with Crippen LogP contribution in [-0.2, 0) is 9.84 Å². The summed E-state index contributed by atoms with van der Waals surface area (Å²) in [6.45, 7) is 2.15. The zero-order valence-electron chi connectivity index (χ0n) is 10.1. The molecule has 1 aliphatic heterocycles. The van der Waals surface area contributed by atoms with Crippen molar-refractivity contribution in [2.24, 2.45) is 0 Å². The van der Waals surface area contributed by atoms with Gasteiger partial charge >= 0.3 is 0 Å². The molecule has 1 aromatic rings. The highest BCUT2D eigenvalue weighted by molar-refractivity contribution is 7.92. The molecule has 6 heteroatoms. The molecule has 1 saturated heterocycles. The maximum Gasteiger partial charge on any atom is 0.195 e. The molecule has 1 unspecified atom stereocenters. The summed E-state index contributed by atoms with van der Waals surface area (Å²) in [5.74, 6) is 0. The SMILES string of the molecule is O=S(=O)(c1ccccc1)C1CNCCN1CCO. The van der Waals surface area contributed by atoms with Gasteiger partial charge in [-0.3, -0.25) is 4.90 Å². The molecule has 1 aliphatic rings. The van der Waals surface area contributed by atoms with Gasteiger partial charge in [-0.05, 0) is 12.1 Å². The minimum Gasteiger partial charge on any atom is -0.395 e. The fourth-order valence-corrected chi connectivity index (χ4v) is 3.97. The molecule has 18 heavy (non-hydrogen) atoms. The van der Waals surface area contributed by atoms with Crippen molar-refractivity contribution >= 4 is 9.84 Å². The summed E-state index contributed by atoms with van der Waals surface area (Å²) in [6, 6.07) is 8.46. The van der Waals surface area contributed by atoms with E-state index in [1.54, 1.807) is 30.3 Å². The van der Waals surface area contributed by atoms with Crippen LogP contribution in [0.2, 0.25) is 0 Å². The van der Waals surface area contributed by atoms with Crippen LogP contribution in [0.1, 0.15) is 0 Å². The number of aliphatic hydroxyl groups is 1. The Bertz CT molecular complexity index is 473. The number of piperazine rings is 1. The molecular weight excluding hydrogens is 252 g/mol. The largest absolute Gasteiger partial charge is 0.395 e. The molecule has 2 N–H and O–H groups in total. The Morgan fingerprint density at radius 1 is 1.33 bits per heavy atom. The van der Waals surface area contributed by atoms with Crippen molar-refractivity contribution in [2.75, 3.05) is 32.8 Å². The third-order valence-electron chi connectivity index (χ3n) is 3.12. The van der Waals surface area contributed by atoms with Gasteiger partial charge in [-0.2, -0.15) is 0 Å². The number of nitrogens with one attached hydrogen (secondary N) is 1. The maximum absolute atomic E-state index is 12.5. The van der Waals surface area contributed by atoms with E-state index in [0.29, 0.717) is 24.5 Å². The molecule has 0 amide bonds. The van der Waals surface area contributed by atoms with Crippen molar-refractivity contribution in [3.63, 3.8) is 0 Å². The lowest BCUT2D eigenvalue weighted by Gasteiger charge is -2.35. The lowest BCUT2D eigenvalue weighted by Crippen LogP contribution is -2.55. The van der Waals surface area contributed by atoms with Crippen LogP contribution in [0, 0.1) is 0 Å². The van der Waals surface area contributed by atoms with Gasteiger partial charge in [0, 0.05) is 26.2 Å². The van der Waals surface area contributed by atoms with Gasteiger partial charge in [-0.15, -0.1) is 0 Å². The lowest BCUT2D eigenvalue weighted by molar-refractivity contribution is 0.162. The van der Waals surface area contributed by atoms with Crippen molar-refractivity contribution in [3.05, 3.63) is 30.3 Å². The molecule has 1 aromatic carbocycles. The Morgan fingerprint density at radius 3 is 2.72 bits per heavy atom. The predicted octanol–water partition coefficient (Wildman–Crippen LogP) is -0.316. The van der Waals surface area contributed by atoms with E-state index in [4.69, 9.17) is 5.11 Å². The minimum absolute atomic E-state index is 0.0270. The van der Waals surface area contributed by atoms with Crippen molar-refractivity contribution in [1.82, 2.24) is 10.2 Å². The summed E-state index contributed by atoms with van der Waals surface area (Å²) >= 11 is 0. The van der Waals surface area contributed by atoms with Crippen LogP contribution >= 0.6 is 0 Å². The summed E-state index contributed by atoms with van der Waals surface area (Å²) in [5, 5.41) is 11.5. The molecular formula is C12H18N2O3S. The first kappa shape index (κ1) is 13.5. The average molecular weight is 270 g/mol. The third kappa shape index (κ3) is 2.72. The van der Waals surface area contributed by atoms with Gasteiger partial charge in [0.2, 0.25) is 0 Å². The van der Waals surface area contributed by atoms with Crippen molar-refractivity contribution in [2.45, 2.75) is 10.3 Å². The third-order valence-corrected chi connectivity index (χ3v) is 5.23. The molecule has 2 rings (SSSR count). The zero-order chi connectivity index (χ0) is 13.0. The molecule has 0 aliphatic carbocycles. The van der Waals surface area contributed by atoms with Crippen molar-refractivity contribution in [3.8, 4) is 0 Å². The standard InChI is InChI=1S/C12H18N2O3S/c15-9-8-14-7-6-13-10-12(14)18(16,17)11-4-2-1-3-5-11/h1-5,12-13,15H,6-10H2. The molecule has 0 bridgehead atoms. The van der Waals surface area contributed by atoms with Crippen LogP contribution in [0.15, 0.2) is 35.2 Å². The second kappa shape index (κ2) is 5.79. The summed E-state index contributed by atoms with van der Waals surface area (Å²) in [7, 11) is -3.38. The molecule has 0 aromatic heterocycles. The fourth-order valence-electron chi connectivity index (χ4n) is 2.18. The van der Waals surface area contributed by atoms with Crippen LogP contribution in [-0.4, -0.2) is 56.6 Å². The quantitative estimate of drug-likeness (QED) is 0.785. The number of aliphatic hydroxyl groups excluding tert-OH is 1. The van der Waals surface area contributed by atoms with Gasteiger partial charge < -0.3 is 10.4 Å². The first-order valence-electron chi connectivity index (χ1n) is 6.01. The number of β-amino-alcohol motifs (C(OH)–C–C–N with tert-alkyl or cyclic N) is 1. The molecule has 1 atom stereocenters. The van der Waals surface area contributed by atoms with Gasteiger partial charge in [0.25, 0.3) is 0 Å². The van der Waals surface area contributed by atoms with E-state index in [2.05, 4.69) is 5.32 Å².